The maximum atomic E-state index is 6.09. The Hall–Kier alpha value is -0.860. The summed E-state index contributed by atoms with van der Waals surface area (Å²) in [5, 5.41) is 3.63. The zero-order chi connectivity index (χ0) is 13.8. The number of rotatable bonds is 5. The van der Waals surface area contributed by atoms with Gasteiger partial charge in [-0.3, -0.25) is 0 Å². The molecular weight excluding hydrogens is 232 g/mol. The zero-order valence-corrected chi connectivity index (χ0v) is 12.6. The van der Waals surface area contributed by atoms with E-state index in [2.05, 4.69) is 44.3 Å². The number of nitrogens with one attached hydrogen (secondary N) is 1. The van der Waals surface area contributed by atoms with Crippen LogP contribution in [0, 0.1) is 6.92 Å². The van der Waals surface area contributed by atoms with Crippen LogP contribution in [-0.4, -0.2) is 18.6 Å². The number of hydrogen-bond acceptors (Lipinski definition) is 2. The molecule has 0 spiro atoms. The second-order valence-corrected chi connectivity index (χ2v) is 6.25. The Kier molecular flexibility index (Phi) is 5.00. The van der Waals surface area contributed by atoms with E-state index in [0.717, 1.165) is 13.0 Å². The minimum atomic E-state index is 0.364. The van der Waals surface area contributed by atoms with Crippen molar-refractivity contribution in [1.29, 1.82) is 0 Å². The van der Waals surface area contributed by atoms with Crippen LogP contribution in [0.1, 0.15) is 55.7 Å². The molecule has 2 heteroatoms. The molecule has 1 aromatic carbocycles. The lowest BCUT2D eigenvalue weighted by Crippen LogP contribution is -2.41. The lowest BCUT2D eigenvalue weighted by molar-refractivity contribution is 0.479. The molecule has 0 saturated heterocycles. The largest absolute Gasteiger partial charge is 0.326 e. The molecule has 0 aliphatic heterocycles. The van der Waals surface area contributed by atoms with Crippen LogP contribution in [-0.2, 0) is 6.42 Å². The molecule has 1 saturated carbocycles. The minimum Gasteiger partial charge on any atom is -0.326 e. The van der Waals surface area contributed by atoms with Gasteiger partial charge in [0.1, 0.15) is 0 Å². The van der Waals surface area contributed by atoms with Crippen molar-refractivity contribution in [2.24, 2.45) is 5.73 Å². The van der Waals surface area contributed by atoms with Crippen LogP contribution in [0.25, 0.3) is 0 Å². The number of hydrogen-bond donors (Lipinski definition) is 2. The molecule has 1 aliphatic rings. The van der Waals surface area contributed by atoms with Gasteiger partial charge in [-0.05, 0) is 55.3 Å². The molecule has 1 fully saturated rings. The summed E-state index contributed by atoms with van der Waals surface area (Å²) in [5.74, 6) is 0.607. The van der Waals surface area contributed by atoms with Crippen molar-refractivity contribution in [1.82, 2.24) is 5.32 Å². The Balaban J connectivity index is 1.90. The van der Waals surface area contributed by atoms with Gasteiger partial charge in [0.15, 0.2) is 0 Å². The van der Waals surface area contributed by atoms with Gasteiger partial charge in [-0.25, -0.2) is 0 Å². The molecule has 2 rings (SSSR count). The first kappa shape index (κ1) is 14.5. The van der Waals surface area contributed by atoms with E-state index < -0.39 is 0 Å². The van der Waals surface area contributed by atoms with Crippen molar-refractivity contribution < 1.29 is 0 Å². The van der Waals surface area contributed by atoms with E-state index in [4.69, 9.17) is 5.73 Å². The van der Waals surface area contributed by atoms with E-state index in [0.29, 0.717) is 18.0 Å². The number of nitrogens with two attached hydrogens (primary N) is 1. The van der Waals surface area contributed by atoms with Gasteiger partial charge < -0.3 is 11.1 Å². The summed E-state index contributed by atoms with van der Waals surface area (Å²) in [5.41, 5.74) is 10.4. The van der Waals surface area contributed by atoms with Gasteiger partial charge in [-0.15, -0.1) is 0 Å². The standard InChI is InChI=1S/C17H28N2/c1-12(2)14-8-7-13(3)15(11-14)9-10-19-17-6-4-5-16(17)18/h7-8,11-12,16-17,19H,4-6,9-10,18H2,1-3H3. The van der Waals surface area contributed by atoms with E-state index in [1.165, 1.54) is 36.0 Å². The van der Waals surface area contributed by atoms with Crippen LogP contribution >= 0.6 is 0 Å². The average molecular weight is 260 g/mol. The van der Waals surface area contributed by atoms with E-state index in [1.54, 1.807) is 0 Å². The maximum Gasteiger partial charge on any atom is 0.0219 e. The molecule has 1 aliphatic carbocycles. The fraction of sp³-hybridized carbons (Fsp3) is 0.647. The van der Waals surface area contributed by atoms with Crippen molar-refractivity contribution >= 4 is 0 Å². The van der Waals surface area contributed by atoms with Gasteiger partial charge in [0.05, 0.1) is 0 Å². The summed E-state index contributed by atoms with van der Waals surface area (Å²) in [4.78, 5) is 0. The molecular formula is C17H28N2. The van der Waals surface area contributed by atoms with Gasteiger partial charge in [0, 0.05) is 12.1 Å². The topological polar surface area (TPSA) is 38.0 Å². The van der Waals surface area contributed by atoms with Gasteiger partial charge in [0.25, 0.3) is 0 Å². The smallest absolute Gasteiger partial charge is 0.0219 e. The van der Waals surface area contributed by atoms with Crippen molar-refractivity contribution in [3.8, 4) is 0 Å². The molecule has 1 aromatic rings. The quantitative estimate of drug-likeness (QED) is 0.853. The molecule has 106 valence electrons. The first-order valence-corrected chi connectivity index (χ1v) is 7.66. The summed E-state index contributed by atoms with van der Waals surface area (Å²) >= 11 is 0. The van der Waals surface area contributed by atoms with E-state index in [-0.39, 0.29) is 0 Å². The predicted molar refractivity (Wildman–Crippen MR) is 82.6 cm³/mol. The van der Waals surface area contributed by atoms with Crippen LogP contribution in [0.2, 0.25) is 0 Å². The van der Waals surface area contributed by atoms with Gasteiger partial charge >= 0.3 is 0 Å². The Labute approximate surface area is 117 Å². The maximum absolute atomic E-state index is 6.09. The SMILES string of the molecule is Cc1ccc(C(C)C)cc1CCNC1CCCC1N. The summed E-state index contributed by atoms with van der Waals surface area (Å²) < 4.78 is 0. The zero-order valence-electron chi connectivity index (χ0n) is 12.6. The molecule has 0 radical (unpaired) electrons. The van der Waals surface area contributed by atoms with E-state index in [9.17, 15) is 0 Å². The van der Waals surface area contributed by atoms with Crippen molar-refractivity contribution in [2.75, 3.05) is 6.54 Å². The lowest BCUT2D eigenvalue weighted by atomic mass is 9.96. The van der Waals surface area contributed by atoms with Crippen LogP contribution in [0.3, 0.4) is 0 Å². The highest BCUT2D eigenvalue weighted by atomic mass is 15.0. The highest BCUT2D eigenvalue weighted by molar-refractivity contribution is 5.32. The van der Waals surface area contributed by atoms with Gasteiger partial charge in [0.2, 0.25) is 0 Å². The van der Waals surface area contributed by atoms with Crippen molar-refractivity contribution in [3.05, 3.63) is 34.9 Å². The van der Waals surface area contributed by atoms with Crippen molar-refractivity contribution in [3.63, 3.8) is 0 Å². The van der Waals surface area contributed by atoms with Crippen LogP contribution in [0.5, 0.6) is 0 Å². The second-order valence-electron chi connectivity index (χ2n) is 6.25. The van der Waals surface area contributed by atoms with Gasteiger partial charge in [-0.2, -0.15) is 0 Å². The highest BCUT2D eigenvalue weighted by Gasteiger charge is 2.22. The molecule has 3 N–H and O–H groups in total. The highest BCUT2D eigenvalue weighted by Crippen LogP contribution is 2.20. The molecule has 0 heterocycles. The summed E-state index contributed by atoms with van der Waals surface area (Å²) in [6.45, 7) is 7.76. The van der Waals surface area contributed by atoms with Crippen LogP contribution in [0.4, 0.5) is 0 Å². The Bertz CT molecular complexity index is 412. The Morgan fingerprint density at radius 2 is 2.11 bits per heavy atom. The molecule has 0 amide bonds. The summed E-state index contributed by atoms with van der Waals surface area (Å²) in [7, 11) is 0. The van der Waals surface area contributed by atoms with Gasteiger partial charge in [-0.1, -0.05) is 38.5 Å². The van der Waals surface area contributed by atoms with Crippen LogP contribution < -0.4 is 11.1 Å². The lowest BCUT2D eigenvalue weighted by Gasteiger charge is -2.18. The fourth-order valence-electron chi connectivity index (χ4n) is 2.95. The molecule has 2 atom stereocenters. The monoisotopic (exact) mass is 260 g/mol. The molecule has 19 heavy (non-hydrogen) atoms. The fourth-order valence-corrected chi connectivity index (χ4v) is 2.95. The number of benzene rings is 1. The Morgan fingerprint density at radius 1 is 1.32 bits per heavy atom. The normalized spacial score (nSPS) is 23.2. The third kappa shape index (κ3) is 3.80. The minimum absolute atomic E-state index is 0.364. The van der Waals surface area contributed by atoms with Crippen LogP contribution in [0.15, 0.2) is 18.2 Å². The summed E-state index contributed by atoms with van der Waals surface area (Å²) in [6, 6.07) is 7.78. The molecule has 2 nitrogen and oxygen atoms in total. The van der Waals surface area contributed by atoms with Crippen molar-refractivity contribution in [2.45, 2.75) is 64.5 Å². The third-order valence-electron chi connectivity index (χ3n) is 4.41. The first-order chi connectivity index (χ1) is 9.08. The summed E-state index contributed by atoms with van der Waals surface area (Å²) in [6.07, 6.45) is 4.81. The third-order valence-corrected chi connectivity index (χ3v) is 4.41. The van der Waals surface area contributed by atoms with E-state index >= 15 is 0 Å². The Morgan fingerprint density at radius 3 is 2.74 bits per heavy atom. The molecule has 0 bridgehead atoms. The average Bonchev–Trinajstić information content (AvgIpc) is 2.77. The molecule has 0 aromatic heterocycles. The predicted octanol–water partition coefficient (Wildman–Crippen LogP) is 3.13. The van der Waals surface area contributed by atoms with E-state index in [1.807, 2.05) is 0 Å². The second kappa shape index (κ2) is 6.53. The number of aryl methyl sites for hydroxylation is 1. The molecule has 2 unspecified atom stereocenters. The first-order valence-electron chi connectivity index (χ1n) is 7.66.